The van der Waals surface area contributed by atoms with E-state index in [1.807, 2.05) is 25.1 Å². The highest BCUT2D eigenvalue weighted by molar-refractivity contribution is 6.33. The summed E-state index contributed by atoms with van der Waals surface area (Å²) >= 11 is 5.93. The second-order valence-electron chi connectivity index (χ2n) is 5.88. The number of amides is 1. The maximum absolute atomic E-state index is 12.7. The zero-order chi connectivity index (χ0) is 18.2. The number of carbonyl (C=O) groups is 1. The number of carbonyl (C=O) groups excluding carboxylic acids is 1. The molecule has 0 fully saturated rings. The maximum atomic E-state index is 12.7. The fourth-order valence-corrected chi connectivity index (χ4v) is 2.88. The monoisotopic (exact) mass is 369 g/mol. The zero-order valence-electron chi connectivity index (χ0n) is 13.2. The summed E-state index contributed by atoms with van der Waals surface area (Å²) in [5.74, 6) is 0.181. The lowest BCUT2D eigenvalue weighted by atomic mass is 9.98. The van der Waals surface area contributed by atoms with Crippen LogP contribution in [0.15, 0.2) is 30.5 Å². The molecule has 25 heavy (non-hydrogen) atoms. The number of halogens is 4. The van der Waals surface area contributed by atoms with Crippen molar-refractivity contribution in [3.63, 3.8) is 0 Å². The maximum Gasteiger partial charge on any atom is 0.417 e. The van der Waals surface area contributed by atoms with E-state index in [0.717, 1.165) is 29.1 Å². The van der Waals surface area contributed by atoms with Crippen LogP contribution in [-0.4, -0.2) is 10.9 Å². The van der Waals surface area contributed by atoms with Crippen LogP contribution in [0.5, 0.6) is 0 Å². The Balaban J connectivity index is 1.78. The molecule has 4 nitrogen and oxygen atoms in total. The molecule has 1 aromatic carbocycles. The van der Waals surface area contributed by atoms with Crippen molar-refractivity contribution in [3.05, 3.63) is 52.2 Å². The van der Waals surface area contributed by atoms with Gasteiger partial charge in [-0.1, -0.05) is 23.7 Å². The molecule has 3 rings (SSSR count). The average Bonchev–Trinajstić information content (AvgIpc) is 2.55. The van der Waals surface area contributed by atoms with Crippen LogP contribution in [0.25, 0.3) is 0 Å². The minimum absolute atomic E-state index is 0.00726. The van der Waals surface area contributed by atoms with E-state index in [-0.39, 0.29) is 22.8 Å². The summed E-state index contributed by atoms with van der Waals surface area (Å²) in [6.45, 7) is 1.86. The Morgan fingerprint density at radius 1 is 1.28 bits per heavy atom. The van der Waals surface area contributed by atoms with Gasteiger partial charge in [0.2, 0.25) is 5.91 Å². The first kappa shape index (κ1) is 17.5. The van der Waals surface area contributed by atoms with E-state index in [9.17, 15) is 18.0 Å². The summed E-state index contributed by atoms with van der Waals surface area (Å²) < 4.78 is 38.0. The summed E-state index contributed by atoms with van der Waals surface area (Å²) in [6.07, 6.45) is -2.64. The Kier molecular flexibility index (Phi) is 4.60. The third kappa shape index (κ3) is 3.87. The standard InChI is InChI=1S/C17H15ClF3N3O/c1-9(10-2-4-14-11(6-10)3-5-15(25)24-14)23-16-13(18)7-12(8-22-16)17(19,20)21/h2,4,6-9H,3,5H2,1H3,(H,22,23)(H,24,25)/t9-/m1/s1. The average molecular weight is 370 g/mol. The fraction of sp³-hybridized carbons (Fsp3) is 0.294. The van der Waals surface area contributed by atoms with Gasteiger partial charge in [0.05, 0.1) is 16.6 Å². The van der Waals surface area contributed by atoms with E-state index in [4.69, 9.17) is 11.6 Å². The molecular weight excluding hydrogens is 355 g/mol. The van der Waals surface area contributed by atoms with Crippen molar-refractivity contribution in [2.45, 2.75) is 32.0 Å². The quantitative estimate of drug-likeness (QED) is 0.816. The molecule has 1 aromatic heterocycles. The van der Waals surface area contributed by atoms with Crippen molar-refractivity contribution in [2.24, 2.45) is 0 Å². The molecule has 1 aliphatic heterocycles. The molecule has 1 atom stereocenters. The number of hydrogen-bond donors (Lipinski definition) is 2. The van der Waals surface area contributed by atoms with Crippen molar-refractivity contribution < 1.29 is 18.0 Å². The van der Waals surface area contributed by atoms with E-state index in [0.29, 0.717) is 12.8 Å². The zero-order valence-corrected chi connectivity index (χ0v) is 14.0. The van der Waals surface area contributed by atoms with Crippen LogP contribution in [0.1, 0.15) is 36.1 Å². The predicted octanol–water partition coefficient (Wildman–Crippen LogP) is 4.81. The van der Waals surface area contributed by atoms with Gasteiger partial charge in [-0.05, 0) is 36.6 Å². The van der Waals surface area contributed by atoms with E-state index in [1.165, 1.54) is 0 Å². The van der Waals surface area contributed by atoms with Crippen molar-refractivity contribution >= 4 is 29.0 Å². The van der Waals surface area contributed by atoms with Crippen LogP contribution in [-0.2, 0) is 17.4 Å². The molecule has 8 heteroatoms. The second-order valence-corrected chi connectivity index (χ2v) is 6.29. The van der Waals surface area contributed by atoms with Crippen LogP contribution in [0.3, 0.4) is 0 Å². The van der Waals surface area contributed by atoms with Gasteiger partial charge in [-0.2, -0.15) is 13.2 Å². The minimum atomic E-state index is -4.48. The molecule has 0 bridgehead atoms. The Morgan fingerprint density at radius 3 is 2.72 bits per heavy atom. The van der Waals surface area contributed by atoms with Gasteiger partial charge in [0.1, 0.15) is 5.82 Å². The summed E-state index contributed by atoms with van der Waals surface area (Å²) in [7, 11) is 0. The highest BCUT2D eigenvalue weighted by atomic mass is 35.5. The van der Waals surface area contributed by atoms with Gasteiger partial charge < -0.3 is 10.6 Å². The van der Waals surface area contributed by atoms with Crippen molar-refractivity contribution in [1.82, 2.24) is 4.98 Å². The van der Waals surface area contributed by atoms with Gasteiger partial charge in [0.25, 0.3) is 0 Å². The molecule has 0 radical (unpaired) electrons. The first-order valence-corrected chi connectivity index (χ1v) is 8.04. The van der Waals surface area contributed by atoms with Gasteiger partial charge in [-0.15, -0.1) is 0 Å². The number of hydrogen-bond acceptors (Lipinski definition) is 3. The topological polar surface area (TPSA) is 54.0 Å². The smallest absolute Gasteiger partial charge is 0.362 e. The number of aryl methyl sites for hydroxylation is 1. The second kappa shape index (κ2) is 6.55. The number of fused-ring (bicyclic) bond motifs is 1. The Morgan fingerprint density at radius 2 is 2.04 bits per heavy atom. The summed E-state index contributed by atoms with van der Waals surface area (Å²) in [4.78, 5) is 15.2. The molecule has 0 aliphatic carbocycles. The molecule has 2 heterocycles. The van der Waals surface area contributed by atoms with Gasteiger partial charge in [0, 0.05) is 18.3 Å². The van der Waals surface area contributed by atoms with Crippen LogP contribution in [0, 0.1) is 0 Å². The Bertz CT molecular complexity index is 823. The summed E-state index contributed by atoms with van der Waals surface area (Å²) in [5.41, 5.74) is 1.85. The molecule has 1 amide bonds. The SMILES string of the molecule is C[C@@H](Nc1ncc(C(F)(F)F)cc1Cl)c1ccc2c(c1)CCC(=O)N2. The van der Waals surface area contributed by atoms with E-state index in [1.54, 1.807) is 0 Å². The molecule has 2 aromatic rings. The van der Waals surface area contributed by atoms with Crippen molar-refractivity contribution in [2.75, 3.05) is 10.6 Å². The van der Waals surface area contributed by atoms with E-state index >= 15 is 0 Å². The van der Waals surface area contributed by atoms with Gasteiger partial charge in [-0.25, -0.2) is 4.98 Å². The molecule has 0 unspecified atom stereocenters. The highest BCUT2D eigenvalue weighted by Crippen LogP contribution is 2.34. The first-order valence-electron chi connectivity index (χ1n) is 7.66. The Labute approximate surface area is 147 Å². The minimum Gasteiger partial charge on any atom is -0.362 e. The lowest BCUT2D eigenvalue weighted by molar-refractivity contribution is -0.137. The molecular formula is C17H15ClF3N3O. The fourth-order valence-electron chi connectivity index (χ4n) is 2.66. The van der Waals surface area contributed by atoms with E-state index in [2.05, 4.69) is 15.6 Å². The van der Waals surface area contributed by atoms with Gasteiger partial charge >= 0.3 is 6.18 Å². The molecule has 0 saturated heterocycles. The molecule has 0 saturated carbocycles. The van der Waals surface area contributed by atoms with Crippen LogP contribution in [0.2, 0.25) is 5.02 Å². The van der Waals surface area contributed by atoms with Gasteiger partial charge in [-0.3, -0.25) is 4.79 Å². The molecule has 0 spiro atoms. The number of nitrogens with zero attached hydrogens (tertiary/aromatic N) is 1. The number of anilines is 2. The predicted molar refractivity (Wildman–Crippen MR) is 89.7 cm³/mol. The third-order valence-electron chi connectivity index (χ3n) is 4.05. The lowest BCUT2D eigenvalue weighted by Crippen LogP contribution is -2.19. The number of aromatic nitrogens is 1. The highest BCUT2D eigenvalue weighted by Gasteiger charge is 2.31. The van der Waals surface area contributed by atoms with Crippen molar-refractivity contribution in [1.29, 1.82) is 0 Å². The van der Waals surface area contributed by atoms with Crippen LogP contribution >= 0.6 is 11.6 Å². The summed E-state index contributed by atoms with van der Waals surface area (Å²) in [5, 5.41) is 5.74. The third-order valence-corrected chi connectivity index (χ3v) is 4.33. The van der Waals surface area contributed by atoms with Gasteiger partial charge in [0.15, 0.2) is 0 Å². The number of pyridine rings is 1. The molecule has 1 aliphatic rings. The van der Waals surface area contributed by atoms with E-state index < -0.39 is 11.7 Å². The number of alkyl halides is 3. The molecule has 2 N–H and O–H groups in total. The molecule has 132 valence electrons. The number of rotatable bonds is 3. The first-order chi connectivity index (χ1) is 11.7. The lowest BCUT2D eigenvalue weighted by Gasteiger charge is -2.21. The number of nitrogens with one attached hydrogen (secondary N) is 2. The van der Waals surface area contributed by atoms with Crippen molar-refractivity contribution in [3.8, 4) is 0 Å². The largest absolute Gasteiger partial charge is 0.417 e. The van der Waals surface area contributed by atoms with Crippen LogP contribution < -0.4 is 10.6 Å². The van der Waals surface area contributed by atoms with Crippen LogP contribution in [0.4, 0.5) is 24.7 Å². The summed E-state index contributed by atoms with van der Waals surface area (Å²) in [6, 6.07) is 6.27. The Hall–Kier alpha value is -2.28. The number of benzene rings is 1. The normalized spacial score (nSPS) is 15.3.